The number of aromatic nitrogens is 3. The van der Waals surface area contributed by atoms with Gasteiger partial charge in [-0.25, -0.2) is 18.4 Å². The van der Waals surface area contributed by atoms with Gasteiger partial charge in [0.2, 0.25) is 0 Å². The Morgan fingerprint density at radius 1 is 1.10 bits per heavy atom. The highest BCUT2D eigenvalue weighted by Crippen LogP contribution is 2.26. The molecule has 21 heavy (non-hydrogen) atoms. The normalized spacial score (nSPS) is 10.6. The minimum Gasteiger partial charge on any atom is -0.298 e. The summed E-state index contributed by atoms with van der Waals surface area (Å²) in [4.78, 5) is 15.2. The summed E-state index contributed by atoms with van der Waals surface area (Å²) >= 11 is 0. The third-order valence-corrected chi connectivity index (χ3v) is 2.96. The second-order valence-corrected chi connectivity index (χ2v) is 4.28. The summed E-state index contributed by atoms with van der Waals surface area (Å²) in [6.07, 6.45) is 3.54. The number of halogens is 2. The van der Waals surface area contributed by atoms with Gasteiger partial charge in [0.05, 0.1) is 5.56 Å². The van der Waals surface area contributed by atoms with Crippen LogP contribution in [-0.4, -0.2) is 21.1 Å². The zero-order valence-electron chi connectivity index (χ0n) is 10.7. The molecule has 2 aromatic heterocycles. The molecule has 0 spiro atoms. The first kappa shape index (κ1) is 13.1. The molecule has 104 valence electrons. The van der Waals surface area contributed by atoms with Crippen LogP contribution in [0.4, 0.5) is 8.78 Å². The summed E-state index contributed by atoms with van der Waals surface area (Å²) in [6, 6.07) is 8.93. The van der Waals surface area contributed by atoms with Crippen molar-refractivity contribution in [2.75, 3.05) is 0 Å². The molecule has 0 unspecified atom stereocenters. The molecule has 0 bridgehead atoms. The van der Waals surface area contributed by atoms with Crippen molar-refractivity contribution in [3.8, 4) is 17.1 Å². The summed E-state index contributed by atoms with van der Waals surface area (Å²) in [7, 11) is 0. The molecule has 0 saturated heterocycles. The molecule has 0 amide bonds. The number of pyridine rings is 1. The molecular weight excluding hydrogens is 276 g/mol. The van der Waals surface area contributed by atoms with E-state index in [2.05, 4.69) is 10.1 Å². The van der Waals surface area contributed by atoms with Crippen LogP contribution >= 0.6 is 0 Å². The van der Waals surface area contributed by atoms with E-state index in [0.29, 0.717) is 12.1 Å². The number of nitrogens with zero attached hydrogens (tertiary/aromatic N) is 3. The molecule has 3 aromatic rings. The van der Waals surface area contributed by atoms with Crippen molar-refractivity contribution in [3.63, 3.8) is 0 Å². The van der Waals surface area contributed by atoms with Gasteiger partial charge in [-0.2, -0.15) is 5.10 Å². The quantitative estimate of drug-likeness (QED) is 0.695. The second kappa shape index (κ2) is 5.24. The lowest BCUT2D eigenvalue weighted by molar-refractivity contribution is 0.112. The Morgan fingerprint density at radius 2 is 1.95 bits per heavy atom. The Kier molecular flexibility index (Phi) is 3.27. The van der Waals surface area contributed by atoms with Crippen molar-refractivity contribution in [1.29, 1.82) is 0 Å². The molecular formula is C15H9F2N3O. The van der Waals surface area contributed by atoms with Crippen molar-refractivity contribution in [3.05, 3.63) is 66.0 Å². The van der Waals surface area contributed by atoms with E-state index in [1.54, 1.807) is 24.4 Å². The van der Waals surface area contributed by atoms with Gasteiger partial charge in [0.1, 0.15) is 5.69 Å². The van der Waals surface area contributed by atoms with Crippen LogP contribution in [0.2, 0.25) is 0 Å². The van der Waals surface area contributed by atoms with Crippen LogP contribution in [0.5, 0.6) is 0 Å². The molecule has 0 aliphatic carbocycles. The van der Waals surface area contributed by atoms with Crippen molar-refractivity contribution in [2.45, 2.75) is 0 Å². The first-order valence-corrected chi connectivity index (χ1v) is 6.11. The number of aldehydes is 1. The summed E-state index contributed by atoms with van der Waals surface area (Å²) in [5.41, 5.74) is 0.171. The Labute approximate surface area is 118 Å². The number of hydrogen-bond donors (Lipinski definition) is 0. The lowest BCUT2D eigenvalue weighted by Gasteiger charge is -2.01. The summed E-state index contributed by atoms with van der Waals surface area (Å²) in [6.45, 7) is 0. The molecule has 2 heterocycles. The number of carbonyl (C=O) groups excluding carboxylic acids is 1. The maximum atomic E-state index is 13.9. The first-order chi connectivity index (χ1) is 10.2. The van der Waals surface area contributed by atoms with E-state index in [1.165, 1.54) is 23.0 Å². The summed E-state index contributed by atoms with van der Waals surface area (Å²) < 4.78 is 28.5. The monoisotopic (exact) mass is 285 g/mol. The minimum absolute atomic E-state index is 0.0632. The molecule has 3 rings (SSSR count). The van der Waals surface area contributed by atoms with Crippen LogP contribution in [0.25, 0.3) is 17.1 Å². The van der Waals surface area contributed by atoms with Crippen LogP contribution in [0.1, 0.15) is 10.4 Å². The van der Waals surface area contributed by atoms with Crippen LogP contribution in [0.3, 0.4) is 0 Å². The molecule has 0 atom stereocenters. The van der Waals surface area contributed by atoms with Gasteiger partial charge in [0.25, 0.3) is 0 Å². The van der Waals surface area contributed by atoms with Gasteiger partial charge >= 0.3 is 0 Å². The van der Waals surface area contributed by atoms with Crippen molar-refractivity contribution >= 4 is 6.29 Å². The van der Waals surface area contributed by atoms with E-state index in [4.69, 9.17) is 0 Å². The number of carbonyl (C=O) groups is 1. The Balaban J connectivity index is 2.17. The van der Waals surface area contributed by atoms with E-state index in [1.807, 2.05) is 0 Å². The Morgan fingerprint density at radius 3 is 2.67 bits per heavy atom. The fraction of sp³-hybridized carbons (Fsp3) is 0. The minimum atomic E-state index is -1.04. The van der Waals surface area contributed by atoms with Crippen molar-refractivity contribution in [2.24, 2.45) is 0 Å². The highest BCUT2D eigenvalue weighted by atomic mass is 19.2. The van der Waals surface area contributed by atoms with Crippen LogP contribution in [-0.2, 0) is 0 Å². The predicted molar refractivity (Wildman–Crippen MR) is 72.1 cm³/mol. The smallest absolute Gasteiger partial charge is 0.168 e. The molecule has 1 aromatic carbocycles. The fourth-order valence-corrected chi connectivity index (χ4v) is 1.98. The van der Waals surface area contributed by atoms with E-state index in [0.717, 1.165) is 6.07 Å². The number of rotatable bonds is 3. The van der Waals surface area contributed by atoms with E-state index < -0.39 is 11.6 Å². The topological polar surface area (TPSA) is 47.8 Å². The second-order valence-electron chi connectivity index (χ2n) is 4.28. The molecule has 0 saturated carbocycles. The standard InChI is InChI=1S/C15H9F2N3O/c16-12-5-3-4-11(14(12)17)15-10(9-21)8-20(19-15)13-6-1-2-7-18-13/h1-9H. The average Bonchev–Trinajstić information content (AvgIpc) is 2.95. The van der Waals surface area contributed by atoms with Crippen LogP contribution in [0, 0.1) is 11.6 Å². The highest BCUT2D eigenvalue weighted by Gasteiger charge is 2.17. The fourth-order valence-electron chi connectivity index (χ4n) is 1.98. The lowest BCUT2D eigenvalue weighted by Crippen LogP contribution is -1.98. The average molecular weight is 285 g/mol. The van der Waals surface area contributed by atoms with Gasteiger partial charge < -0.3 is 0 Å². The number of hydrogen-bond acceptors (Lipinski definition) is 3. The van der Waals surface area contributed by atoms with Gasteiger partial charge in [-0.1, -0.05) is 12.1 Å². The summed E-state index contributed by atoms with van der Waals surface area (Å²) in [5, 5.41) is 4.14. The lowest BCUT2D eigenvalue weighted by atomic mass is 10.1. The van der Waals surface area contributed by atoms with E-state index >= 15 is 0 Å². The summed E-state index contributed by atoms with van der Waals surface area (Å²) in [5.74, 6) is -1.55. The maximum Gasteiger partial charge on any atom is 0.168 e. The molecule has 0 radical (unpaired) electrons. The predicted octanol–water partition coefficient (Wildman–Crippen LogP) is 3.03. The molecule has 4 nitrogen and oxygen atoms in total. The highest BCUT2D eigenvalue weighted by molar-refractivity contribution is 5.85. The van der Waals surface area contributed by atoms with Gasteiger partial charge in [-0.3, -0.25) is 4.79 Å². The molecule has 0 fully saturated rings. The third kappa shape index (κ3) is 2.31. The zero-order chi connectivity index (χ0) is 14.8. The van der Waals surface area contributed by atoms with Crippen LogP contribution in [0.15, 0.2) is 48.8 Å². The van der Waals surface area contributed by atoms with Crippen molar-refractivity contribution in [1.82, 2.24) is 14.8 Å². The molecule has 0 aliphatic heterocycles. The molecule has 0 aliphatic rings. The van der Waals surface area contributed by atoms with Gasteiger partial charge in [0, 0.05) is 18.0 Å². The van der Waals surface area contributed by atoms with E-state index in [-0.39, 0.29) is 16.8 Å². The number of benzene rings is 1. The SMILES string of the molecule is O=Cc1cn(-c2ccccn2)nc1-c1cccc(F)c1F. The maximum absolute atomic E-state index is 13.9. The molecule has 6 heteroatoms. The Bertz CT molecular complexity index is 800. The molecule has 0 N–H and O–H groups in total. The first-order valence-electron chi connectivity index (χ1n) is 6.11. The van der Waals surface area contributed by atoms with Gasteiger partial charge in [-0.15, -0.1) is 0 Å². The van der Waals surface area contributed by atoms with Crippen molar-refractivity contribution < 1.29 is 13.6 Å². The van der Waals surface area contributed by atoms with E-state index in [9.17, 15) is 13.6 Å². The van der Waals surface area contributed by atoms with Gasteiger partial charge in [0.15, 0.2) is 23.7 Å². The zero-order valence-corrected chi connectivity index (χ0v) is 10.7. The largest absolute Gasteiger partial charge is 0.298 e. The van der Waals surface area contributed by atoms with Gasteiger partial charge in [-0.05, 0) is 24.3 Å². The Hall–Kier alpha value is -2.89. The van der Waals surface area contributed by atoms with Crippen LogP contribution < -0.4 is 0 Å². The third-order valence-electron chi connectivity index (χ3n) is 2.96.